The minimum atomic E-state index is -2.67. The Labute approximate surface area is 201 Å². The molecule has 1 saturated heterocycles. The molecule has 184 valence electrons. The fourth-order valence-electron chi connectivity index (χ4n) is 4.09. The lowest BCUT2D eigenvalue weighted by Crippen LogP contribution is -2.27. The molecule has 34 heavy (non-hydrogen) atoms. The molecule has 2 N–H and O–H groups in total. The van der Waals surface area contributed by atoms with Crippen LogP contribution in [0.2, 0.25) is 5.02 Å². The van der Waals surface area contributed by atoms with Crippen LogP contribution in [0, 0.1) is 0 Å². The van der Waals surface area contributed by atoms with Gasteiger partial charge in [-0.1, -0.05) is 11.6 Å². The third kappa shape index (κ3) is 5.33. The van der Waals surface area contributed by atoms with Gasteiger partial charge in [-0.05, 0) is 44.9 Å². The molecule has 0 spiro atoms. The second-order valence-electron chi connectivity index (χ2n) is 9.45. The molecule has 0 atom stereocenters. The molecule has 0 aliphatic carbocycles. The number of hydrogen-bond donors (Lipinski definition) is 2. The summed E-state index contributed by atoms with van der Waals surface area (Å²) in [6.45, 7) is 4.38. The SMILES string of the molecule is Cn1c(=O)n(CCC(C)(C)O)c2cc(Nc3nc(N4CCCC(F)(F)CC4)ncc3Cl)ccc21. The highest BCUT2D eigenvalue weighted by atomic mass is 35.5. The first-order chi connectivity index (χ1) is 15.9. The van der Waals surface area contributed by atoms with Gasteiger partial charge in [-0.3, -0.25) is 9.13 Å². The van der Waals surface area contributed by atoms with E-state index < -0.39 is 11.5 Å². The van der Waals surface area contributed by atoms with Crippen molar-refractivity contribution in [2.75, 3.05) is 23.3 Å². The molecule has 3 aromatic rings. The Balaban J connectivity index is 1.62. The number of imidazole rings is 1. The summed E-state index contributed by atoms with van der Waals surface area (Å²) < 4.78 is 30.7. The normalized spacial score (nSPS) is 16.6. The Hall–Kier alpha value is -2.72. The maximum absolute atomic E-state index is 13.8. The molecule has 1 aromatic carbocycles. The van der Waals surface area contributed by atoms with Crippen LogP contribution in [0.15, 0.2) is 29.2 Å². The van der Waals surface area contributed by atoms with Gasteiger partial charge in [0.15, 0.2) is 5.82 Å². The lowest BCUT2D eigenvalue weighted by molar-refractivity contribution is -0.0102. The topological polar surface area (TPSA) is 88.2 Å². The Morgan fingerprint density at radius 3 is 2.74 bits per heavy atom. The molecule has 0 saturated carbocycles. The van der Waals surface area contributed by atoms with Gasteiger partial charge in [-0.15, -0.1) is 0 Å². The summed E-state index contributed by atoms with van der Waals surface area (Å²) >= 11 is 6.33. The van der Waals surface area contributed by atoms with Crippen molar-refractivity contribution in [3.05, 3.63) is 39.9 Å². The molecule has 8 nitrogen and oxygen atoms in total. The minimum Gasteiger partial charge on any atom is -0.390 e. The summed E-state index contributed by atoms with van der Waals surface area (Å²) in [5, 5.41) is 13.6. The van der Waals surface area contributed by atoms with E-state index in [4.69, 9.17) is 11.6 Å². The number of alkyl halides is 2. The lowest BCUT2D eigenvalue weighted by Gasteiger charge is -2.21. The molecule has 0 amide bonds. The third-order valence-electron chi connectivity index (χ3n) is 6.09. The third-order valence-corrected chi connectivity index (χ3v) is 6.36. The number of nitrogens with one attached hydrogen (secondary N) is 1. The number of aromatic nitrogens is 4. The number of aliphatic hydroxyl groups is 1. The van der Waals surface area contributed by atoms with Crippen molar-refractivity contribution in [3.8, 4) is 0 Å². The van der Waals surface area contributed by atoms with Crippen molar-refractivity contribution in [2.45, 2.75) is 57.6 Å². The number of aryl methyl sites for hydroxylation is 2. The van der Waals surface area contributed by atoms with Gasteiger partial charge in [-0.25, -0.2) is 18.6 Å². The predicted molar refractivity (Wildman–Crippen MR) is 129 cm³/mol. The summed E-state index contributed by atoms with van der Waals surface area (Å²) in [5.41, 5.74) is 1.05. The average molecular weight is 495 g/mol. The monoisotopic (exact) mass is 494 g/mol. The summed E-state index contributed by atoms with van der Waals surface area (Å²) in [4.78, 5) is 23.2. The lowest BCUT2D eigenvalue weighted by atomic mass is 10.1. The quantitative estimate of drug-likeness (QED) is 0.531. The van der Waals surface area contributed by atoms with E-state index in [1.807, 2.05) is 18.2 Å². The molecule has 1 aliphatic heterocycles. The molecule has 1 fully saturated rings. The van der Waals surface area contributed by atoms with Crippen LogP contribution >= 0.6 is 11.6 Å². The molecule has 11 heteroatoms. The van der Waals surface area contributed by atoms with Crippen molar-refractivity contribution in [1.29, 1.82) is 0 Å². The van der Waals surface area contributed by atoms with Gasteiger partial charge in [0.2, 0.25) is 11.9 Å². The molecule has 0 bridgehead atoms. The largest absolute Gasteiger partial charge is 0.390 e. The van der Waals surface area contributed by atoms with Crippen molar-refractivity contribution < 1.29 is 13.9 Å². The maximum atomic E-state index is 13.8. The Morgan fingerprint density at radius 1 is 1.24 bits per heavy atom. The Bertz CT molecular complexity index is 1250. The van der Waals surface area contributed by atoms with Crippen molar-refractivity contribution in [1.82, 2.24) is 19.1 Å². The van der Waals surface area contributed by atoms with E-state index in [9.17, 15) is 18.7 Å². The number of anilines is 3. The summed E-state index contributed by atoms with van der Waals surface area (Å²) in [5.74, 6) is -1.98. The zero-order valence-electron chi connectivity index (χ0n) is 19.5. The summed E-state index contributed by atoms with van der Waals surface area (Å²) in [6, 6.07) is 5.46. The van der Waals surface area contributed by atoms with Gasteiger partial charge in [-0.2, -0.15) is 4.98 Å². The fraction of sp³-hybridized carbons (Fsp3) is 0.522. The first kappa shape index (κ1) is 24.4. The number of nitrogens with zero attached hydrogens (tertiary/aromatic N) is 5. The zero-order chi connectivity index (χ0) is 24.7. The average Bonchev–Trinajstić information content (AvgIpc) is 2.87. The van der Waals surface area contributed by atoms with Crippen molar-refractivity contribution >= 4 is 40.1 Å². The number of halogens is 3. The smallest absolute Gasteiger partial charge is 0.328 e. The molecule has 4 rings (SSSR count). The molecule has 1 aliphatic rings. The Kier molecular flexibility index (Phi) is 6.56. The van der Waals surface area contributed by atoms with E-state index in [0.717, 1.165) is 5.52 Å². The van der Waals surface area contributed by atoms with E-state index in [0.29, 0.717) is 48.9 Å². The van der Waals surface area contributed by atoms with Crippen LogP contribution in [0.5, 0.6) is 0 Å². The second kappa shape index (κ2) is 9.14. The minimum absolute atomic E-state index is 0.144. The standard InChI is InChI=1S/C23H29ClF2N6O2/c1-22(2,34)8-12-32-18-13-15(5-6-17(18)30(3)21(32)33)28-19-16(24)14-27-20(29-19)31-10-4-7-23(25,26)9-11-31/h5-6,13-14,34H,4,7-12H2,1-3H3,(H,27,28,29). The molecule has 2 aromatic heterocycles. The van der Waals surface area contributed by atoms with Crippen LogP contribution in [-0.4, -0.2) is 48.8 Å². The first-order valence-electron chi connectivity index (χ1n) is 11.3. The highest BCUT2D eigenvalue weighted by Gasteiger charge is 2.32. The molecule has 0 radical (unpaired) electrons. The Morgan fingerprint density at radius 2 is 2.00 bits per heavy atom. The number of rotatable bonds is 6. The number of fused-ring (bicyclic) bond motifs is 1. The predicted octanol–water partition coefficient (Wildman–Crippen LogP) is 4.31. The van der Waals surface area contributed by atoms with E-state index in [2.05, 4.69) is 15.3 Å². The summed E-state index contributed by atoms with van der Waals surface area (Å²) in [6.07, 6.45) is 1.84. The molecule has 3 heterocycles. The van der Waals surface area contributed by atoms with Crippen LogP contribution in [0.3, 0.4) is 0 Å². The van der Waals surface area contributed by atoms with E-state index in [1.165, 1.54) is 6.20 Å². The van der Waals surface area contributed by atoms with Gasteiger partial charge < -0.3 is 15.3 Å². The second-order valence-corrected chi connectivity index (χ2v) is 9.85. The van der Waals surface area contributed by atoms with Crippen LogP contribution in [0.25, 0.3) is 11.0 Å². The zero-order valence-corrected chi connectivity index (χ0v) is 20.2. The first-order valence-corrected chi connectivity index (χ1v) is 11.7. The van der Waals surface area contributed by atoms with Crippen LogP contribution < -0.4 is 15.9 Å². The highest BCUT2D eigenvalue weighted by molar-refractivity contribution is 6.32. The molecule has 0 unspecified atom stereocenters. The van der Waals surface area contributed by atoms with E-state index in [1.54, 1.807) is 34.9 Å². The molecular formula is C23H29ClF2N6O2. The van der Waals surface area contributed by atoms with Gasteiger partial charge in [0.25, 0.3) is 0 Å². The van der Waals surface area contributed by atoms with E-state index >= 15 is 0 Å². The summed E-state index contributed by atoms with van der Waals surface area (Å²) in [7, 11) is 1.70. The number of hydrogen-bond acceptors (Lipinski definition) is 6. The maximum Gasteiger partial charge on any atom is 0.328 e. The van der Waals surface area contributed by atoms with Crippen molar-refractivity contribution in [3.63, 3.8) is 0 Å². The van der Waals surface area contributed by atoms with Crippen molar-refractivity contribution in [2.24, 2.45) is 7.05 Å². The van der Waals surface area contributed by atoms with Gasteiger partial charge >= 0.3 is 5.69 Å². The van der Waals surface area contributed by atoms with Gasteiger partial charge in [0, 0.05) is 45.2 Å². The van der Waals surface area contributed by atoms with E-state index in [-0.39, 0.29) is 30.1 Å². The van der Waals surface area contributed by atoms with Crippen LogP contribution in [0.4, 0.5) is 26.2 Å². The fourth-order valence-corrected chi connectivity index (χ4v) is 4.23. The highest BCUT2D eigenvalue weighted by Crippen LogP contribution is 2.31. The van der Waals surface area contributed by atoms with Crippen LogP contribution in [-0.2, 0) is 13.6 Å². The van der Waals surface area contributed by atoms with Crippen LogP contribution in [0.1, 0.15) is 39.5 Å². The number of benzene rings is 1. The van der Waals surface area contributed by atoms with Gasteiger partial charge in [0.05, 0.1) is 22.8 Å². The molecular weight excluding hydrogens is 466 g/mol. The van der Waals surface area contributed by atoms with Gasteiger partial charge in [0.1, 0.15) is 5.02 Å².